The van der Waals surface area contributed by atoms with Crippen LogP contribution < -0.4 is 9.47 Å². The highest BCUT2D eigenvalue weighted by Crippen LogP contribution is 2.65. The Morgan fingerprint density at radius 2 is 1.69 bits per heavy atom. The first kappa shape index (κ1) is 36.3. The van der Waals surface area contributed by atoms with E-state index >= 15 is 0 Å². The van der Waals surface area contributed by atoms with Gasteiger partial charge in [-0.25, -0.2) is 4.79 Å². The molecule has 0 aromatic heterocycles. The maximum Gasteiger partial charge on any atom is 0.514 e. The lowest BCUT2D eigenvalue weighted by Gasteiger charge is -2.61. The summed E-state index contributed by atoms with van der Waals surface area (Å²) in [5, 5.41) is 12.6. The highest BCUT2D eigenvalue weighted by Gasteiger charge is 2.72. The summed E-state index contributed by atoms with van der Waals surface area (Å²) in [7, 11) is 1.96. The molecule has 2 aliphatic carbocycles. The van der Waals surface area contributed by atoms with Crippen LogP contribution >= 0.6 is 0 Å². The van der Waals surface area contributed by atoms with Crippen LogP contribution in [0.4, 0.5) is 4.79 Å². The Bertz CT molecular complexity index is 1580. The number of hydrogen-bond donors (Lipinski definition) is 1. The predicted octanol–water partition coefficient (Wildman–Crippen LogP) is 4.08. The molecule has 0 radical (unpaired) electrons. The minimum absolute atomic E-state index is 0.107. The average molecular weight is 686 g/mol. The maximum absolute atomic E-state index is 13.9. The summed E-state index contributed by atoms with van der Waals surface area (Å²) >= 11 is 0. The Labute approximate surface area is 286 Å². The highest BCUT2D eigenvalue weighted by molar-refractivity contribution is 5.90. The van der Waals surface area contributed by atoms with Crippen LogP contribution in [0.5, 0.6) is 11.5 Å². The molecule has 1 spiro atoms. The van der Waals surface area contributed by atoms with E-state index in [1.54, 1.807) is 53.7 Å². The van der Waals surface area contributed by atoms with Crippen LogP contribution in [-0.4, -0.2) is 88.5 Å². The van der Waals surface area contributed by atoms with E-state index in [0.29, 0.717) is 24.9 Å². The van der Waals surface area contributed by atoms with Gasteiger partial charge in [-0.05, 0) is 92.6 Å². The number of benzene rings is 1. The third-order valence-corrected chi connectivity index (χ3v) is 9.55. The minimum Gasteiger partial charge on any atom is -0.477 e. The Kier molecular flexibility index (Phi) is 9.43. The van der Waals surface area contributed by atoms with Crippen molar-refractivity contribution < 1.29 is 57.5 Å². The van der Waals surface area contributed by atoms with E-state index < -0.39 is 83.0 Å². The van der Waals surface area contributed by atoms with E-state index in [9.17, 15) is 29.1 Å². The molecule has 268 valence electrons. The molecule has 2 bridgehead atoms. The van der Waals surface area contributed by atoms with Gasteiger partial charge < -0.3 is 38.4 Å². The third kappa shape index (κ3) is 6.92. The molecule has 0 amide bonds. The standard InChI is InChI=1S/C36H47NO12/c1-19(44-20(2)38)23(39)16-22(18-27(40)48-33(3,4)5)31(41)45-25-12-13-36(43)26-17-21-10-11-24(46-32(42)49-34(6,7)8)29-28(21)35(36,30(25)47-29)14-15-37(26)9/h10-12,19,22,26,30,43H,13-18H2,1-9H3/t19-,22-,26+,30-,35-,36+/m0/s1. The molecule has 1 aromatic carbocycles. The number of carbonyl (C=O) groups is 5. The summed E-state index contributed by atoms with van der Waals surface area (Å²) in [6.07, 6.45) is -1.30. The molecule has 13 heteroatoms. The molecule has 6 atom stereocenters. The highest BCUT2D eigenvalue weighted by atomic mass is 16.7. The van der Waals surface area contributed by atoms with Gasteiger partial charge in [0.2, 0.25) is 0 Å². The zero-order chi connectivity index (χ0) is 36.3. The summed E-state index contributed by atoms with van der Waals surface area (Å²) in [4.78, 5) is 66.2. The van der Waals surface area contributed by atoms with Crippen molar-refractivity contribution in [3.8, 4) is 11.5 Å². The van der Waals surface area contributed by atoms with Gasteiger partial charge in [-0.15, -0.1) is 0 Å². The molecule has 2 aliphatic heterocycles. The first-order valence-electron chi connectivity index (χ1n) is 16.6. The van der Waals surface area contributed by atoms with Crippen molar-refractivity contribution in [3.63, 3.8) is 0 Å². The van der Waals surface area contributed by atoms with E-state index in [1.807, 2.05) is 13.1 Å². The van der Waals surface area contributed by atoms with E-state index in [-0.39, 0.29) is 29.7 Å². The van der Waals surface area contributed by atoms with Crippen molar-refractivity contribution in [2.75, 3.05) is 13.6 Å². The molecule has 0 unspecified atom stereocenters. The number of piperidine rings is 1. The number of carbonyl (C=O) groups excluding carboxylic acids is 5. The molecular formula is C36H47NO12. The normalized spacial score (nSPS) is 26.6. The second-order valence-electron chi connectivity index (χ2n) is 15.5. The fourth-order valence-corrected chi connectivity index (χ4v) is 7.61. The number of ketones is 1. The van der Waals surface area contributed by atoms with Gasteiger partial charge in [0, 0.05) is 31.4 Å². The van der Waals surface area contributed by atoms with Gasteiger partial charge >= 0.3 is 24.1 Å². The molecule has 5 rings (SSSR count). The number of Topliss-reactive ketones (excluding diaryl/α,β-unsaturated/α-hetero) is 1. The number of aliphatic hydroxyl groups is 1. The SMILES string of the molecule is CC(=O)O[C@@H](C)C(=O)C[C@@H](CC(=O)OC(C)(C)C)C(=O)OC1=CC[C@@]2(O)[C@H]3Cc4ccc(OC(=O)OC(C)(C)C)c5c4[C@@]2(CCN3C)[C@H]1O5. The Morgan fingerprint density at radius 3 is 2.33 bits per heavy atom. The molecule has 4 aliphatic rings. The number of nitrogens with zero attached hydrogens (tertiary/aromatic N) is 1. The quantitative estimate of drug-likeness (QED) is 0.225. The van der Waals surface area contributed by atoms with Crippen LogP contribution in [0.15, 0.2) is 24.0 Å². The Hall–Kier alpha value is -3.97. The Morgan fingerprint density at radius 1 is 1.02 bits per heavy atom. The van der Waals surface area contributed by atoms with Crippen LogP contribution in [0.25, 0.3) is 0 Å². The second kappa shape index (κ2) is 12.7. The predicted molar refractivity (Wildman–Crippen MR) is 173 cm³/mol. The van der Waals surface area contributed by atoms with Crippen molar-refractivity contribution >= 4 is 29.8 Å². The summed E-state index contributed by atoms with van der Waals surface area (Å²) < 4.78 is 34.1. The third-order valence-electron chi connectivity index (χ3n) is 9.55. The molecule has 1 saturated heterocycles. The monoisotopic (exact) mass is 685 g/mol. The number of rotatable bonds is 9. The zero-order valence-corrected chi connectivity index (χ0v) is 29.7. The molecule has 1 N–H and O–H groups in total. The smallest absolute Gasteiger partial charge is 0.477 e. The van der Waals surface area contributed by atoms with Crippen LogP contribution in [0.3, 0.4) is 0 Å². The molecule has 1 fully saturated rings. The first-order valence-corrected chi connectivity index (χ1v) is 16.6. The maximum atomic E-state index is 13.9. The Balaban J connectivity index is 1.49. The van der Waals surface area contributed by atoms with Gasteiger partial charge in [-0.3, -0.25) is 19.2 Å². The van der Waals surface area contributed by atoms with E-state index in [2.05, 4.69) is 4.90 Å². The first-order chi connectivity index (χ1) is 22.6. The molecular weight excluding hydrogens is 638 g/mol. The average Bonchev–Trinajstić information content (AvgIpc) is 3.30. The van der Waals surface area contributed by atoms with E-state index in [0.717, 1.165) is 5.56 Å². The van der Waals surface area contributed by atoms with Gasteiger partial charge in [0.25, 0.3) is 0 Å². The zero-order valence-electron chi connectivity index (χ0n) is 29.7. The van der Waals surface area contributed by atoms with E-state index in [1.165, 1.54) is 13.8 Å². The van der Waals surface area contributed by atoms with Crippen molar-refractivity contribution in [1.82, 2.24) is 4.90 Å². The van der Waals surface area contributed by atoms with Gasteiger partial charge in [-0.1, -0.05) is 6.07 Å². The molecule has 0 saturated carbocycles. The number of likely N-dealkylation sites (N-methyl/N-ethyl adjacent to an activating group) is 1. The van der Waals surface area contributed by atoms with Gasteiger partial charge in [0.15, 0.2) is 29.5 Å². The lowest BCUT2D eigenvalue weighted by Crippen LogP contribution is -2.74. The fraction of sp³-hybridized carbons (Fsp3) is 0.639. The summed E-state index contributed by atoms with van der Waals surface area (Å²) in [5.41, 5.74) is -2.43. The lowest BCUT2D eigenvalue weighted by atomic mass is 9.50. The van der Waals surface area contributed by atoms with Gasteiger partial charge in [-0.2, -0.15) is 0 Å². The summed E-state index contributed by atoms with van der Waals surface area (Å²) in [6.45, 7) is 13.4. The molecule has 13 nitrogen and oxygen atoms in total. The number of likely N-dealkylation sites (tertiary alicyclic amines) is 1. The van der Waals surface area contributed by atoms with Crippen molar-refractivity contribution in [3.05, 3.63) is 35.1 Å². The summed E-state index contributed by atoms with van der Waals surface area (Å²) in [5.74, 6) is -3.63. The topological polar surface area (TPSA) is 164 Å². The van der Waals surface area contributed by atoms with Crippen LogP contribution in [0.1, 0.15) is 92.2 Å². The molecule has 1 aromatic rings. The van der Waals surface area contributed by atoms with Gasteiger partial charge in [0.1, 0.15) is 17.0 Å². The van der Waals surface area contributed by atoms with Crippen molar-refractivity contribution in [2.24, 2.45) is 5.92 Å². The number of hydrogen-bond acceptors (Lipinski definition) is 13. The number of esters is 3. The number of ether oxygens (including phenoxy) is 6. The lowest BCUT2D eigenvalue weighted by molar-refractivity contribution is -0.172. The van der Waals surface area contributed by atoms with Crippen LogP contribution in [0, 0.1) is 5.92 Å². The largest absolute Gasteiger partial charge is 0.514 e. The fourth-order valence-electron chi connectivity index (χ4n) is 7.61. The summed E-state index contributed by atoms with van der Waals surface area (Å²) in [6, 6.07) is 3.21. The van der Waals surface area contributed by atoms with Crippen LogP contribution in [0.2, 0.25) is 0 Å². The second-order valence-corrected chi connectivity index (χ2v) is 15.5. The van der Waals surface area contributed by atoms with Gasteiger partial charge in [0.05, 0.1) is 23.4 Å². The van der Waals surface area contributed by atoms with Crippen molar-refractivity contribution in [1.29, 1.82) is 0 Å². The molecule has 2 heterocycles. The van der Waals surface area contributed by atoms with Crippen LogP contribution in [-0.2, 0) is 50.0 Å². The molecule has 49 heavy (non-hydrogen) atoms. The van der Waals surface area contributed by atoms with Crippen molar-refractivity contribution in [2.45, 2.75) is 128 Å². The minimum atomic E-state index is -1.32. The van der Waals surface area contributed by atoms with E-state index in [4.69, 9.17) is 28.4 Å².